The van der Waals surface area contributed by atoms with Gasteiger partial charge in [-0.15, -0.1) is 0 Å². The van der Waals surface area contributed by atoms with Gasteiger partial charge in [0, 0.05) is 26.3 Å². The zero-order valence-corrected chi connectivity index (χ0v) is 12.8. The molecule has 2 unspecified atom stereocenters. The van der Waals surface area contributed by atoms with Crippen molar-refractivity contribution < 1.29 is 8.42 Å². The van der Waals surface area contributed by atoms with Gasteiger partial charge in [-0.25, -0.2) is 12.7 Å². The molecular weight excluding hydrogens is 278 g/mol. The summed E-state index contributed by atoms with van der Waals surface area (Å²) >= 11 is 0. The van der Waals surface area contributed by atoms with Crippen molar-refractivity contribution in [3.8, 4) is 0 Å². The summed E-state index contributed by atoms with van der Waals surface area (Å²) in [7, 11) is -1.24. The van der Waals surface area contributed by atoms with E-state index in [1.165, 1.54) is 6.26 Å². The molecule has 1 fully saturated rings. The van der Waals surface area contributed by atoms with Gasteiger partial charge in [0.1, 0.15) is 0 Å². The molecule has 8 heteroatoms. The molecule has 7 nitrogen and oxygen atoms in total. The molecule has 0 bridgehead atoms. The van der Waals surface area contributed by atoms with Gasteiger partial charge in [0.25, 0.3) is 0 Å². The van der Waals surface area contributed by atoms with Crippen LogP contribution in [0.5, 0.6) is 0 Å². The van der Waals surface area contributed by atoms with Gasteiger partial charge in [-0.2, -0.15) is 5.10 Å². The molecule has 1 aliphatic heterocycles. The Bertz CT molecular complexity index is 542. The first kappa shape index (κ1) is 15.4. The molecule has 1 aliphatic rings. The Morgan fingerprint density at radius 3 is 2.90 bits per heavy atom. The molecule has 1 aromatic heterocycles. The van der Waals surface area contributed by atoms with E-state index in [-0.39, 0.29) is 6.04 Å². The lowest BCUT2D eigenvalue weighted by atomic mass is 9.91. The fourth-order valence-corrected chi connectivity index (χ4v) is 3.69. The second kappa shape index (κ2) is 6.21. The molecule has 1 saturated heterocycles. The number of hydrogen-bond acceptors (Lipinski definition) is 5. The molecular formula is C12H23N5O2S. The molecule has 0 saturated carbocycles. The molecule has 1 aromatic rings. The Hall–Kier alpha value is -0.960. The van der Waals surface area contributed by atoms with Crippen LogP contribution in [0.1, 0.15) is 31.0 Å². The molecule has 0 amide bonds. The molecule has 2 rings (SSSR count). The van der Waals surface area contributed by atoms with Crippen LogP contribution < -0.4 is 11.3 Å². The summed E-state index contributed by atoms with van der Waals surface area (Å²) in [5.74, 6) is 5.93. The van der Waals surface area contributed by atoms with Crippen LogP contribution in [-0.2, 0) is 17.1 Å². The van der Waals surface area contributed by atoms with Crippen LogP contribution in [0.4, 0.5) is 0 Å². The van der Waals surface area contributed by atoms with E-state index in [0.29, 0.717) is 19.0 Å². The Kier molecular flexibility index (Phi) is 4.79. The smallest absolute Gasteiger partial charge is 0.211 e. The predicted octanol–water partition coefficient (Wildman–Crippen LogP) is -0.0138. The summed E-state index contributed by atoms with van der Waals surface area (Å²) in [6.45, 7) is 1.20. The van der Waals surface area contributed by atoms with Crippen LogP contribution in [0.2, 0.25) is 0 Å². The first-order valence-corrected chi connectivity index (χ1v) is 8.65. The normalized spacial score (nSPS) is 22.9. The maximum absolute atomic E-state index is 11.6. The van der Waals surface area contributed by atoms with Crippen molar-refractivity contribution in [3.63, 3.8) is 0 Å². The van der Waals surface area contributed by atoms with E-state index in [4.69, 9.17) is 5.84 Å². The second-order valence-electron chi connectivity index (χ2n) is 5.50. The zero-order valence-electron chi connectivity index (χ0n) is 12.0. The lowest BCUT2D eigenvalue weighted by Gasteiger charge is -2.32. The van der Waals surface area contributed by atoms with Gasteiger partial charge in [-0.3, -0.25) is 16.0 Å². The van der Waals surface area contributed by atoms with Crippen molar-refractivity contribution in [1.29, 1.82) is 0 Å². The Labute approximate surface area is 120 Å². The highest BCUT2D eigenvalue weighted by molar-refractivity contribution is 7.88. The highest BCUT2D eigenvalue weighted by Crippen LogP contribution is 2.27. The number of rotatable bonds is 5. The van der Waals surface area contributed by atoms with Crippen LogP contribution in [0, 0.1) is 5.92 Å². The topological polar surface area (TPSA) is 93.2 Å². The zero-order chi connectivity index (χ0) is 14.8. The van der Waals surface area contributed by atoms with Crippen molar-refractivity contribution in [1.82, 2.24) is 19.5 Å². The fourth-order valence-electron chi connectivity index (χ4n) is 2.75. The van der Waals surface area contributed by atoms with Crippen molar-refractivity contribution in [2.75, 3.05) is 19.3 Å². The average Bonchev–Trinajstić information content (AvgIpc) is 2.82. The van der Waals surface area contributed by atoms with Crippen molar-refractivity contribution in [3.05, 3.63) is 18.0 Å². The van der Waals surface area contributed by atoms with Crippen LogP contribution in [0.15, 0.2) is 12.3 Å². The van der Waals surface area contributed by atoms with E-state index < -0.39 is 10.0 Å². The summed E-state index contributed by atoms with van der Waals surface area (Å²) in [6, 6.07) is 1.89. The molecule has 0 aromatic carbocycles. The van der Waals surface area contributed by atoms with Crippen molar-refractivity contribution in [2.45, 2.75) is 25.3 Å². The van der Waals surface area contributed by atoms with E-state index in [2.05, 4.69) is 10.5 Å². The van der Waals surface area contributed by atoms with Crippen LogP contribution in [0.3, 0.4) is 0 Å². The lowest BCUT2D eigenvalue weighted by molar-refractivity contribution is 0.237. The third kappa shape index (κ3) is 3.78. The molecule has 0 radical (unpaired) electrons. The standard InChI is InChI=1S/C12H23N5O2S/c1-16-7-5-11(15-16)12(14-13)8-10-4-3-6-17(9-10)20(2,18)19/h5,7,10,12,14H,3-4,6,8-9,13H2,1-2H3. The summed E-state index contributed by atoms with van der Waals surface area (Å²) in [5.41, 5.74) is 3.68. The third-order valence-corrected chi connectivity index (χ3v) is 5.08. The number of hydrogen-bond donors (Lipinski definition) is 2. The molecule has 2 atom stereocenters. The summed E-state index contributed by atoms with van der Waals surface area (Å²) in [4.78, 5) is 0. The van der Waals surface area contributed by atoms with Crippen LogP contribution >= 0.6 is 0 Å². The number of aromatic nitrogens is 2. The molecule has 114 valence electrons. The quantitative estimate of drug-likeness (QED) is 0.589. The first-order chi connectivity index (χ1) is 9.40. The average molecular weight is 301 g/mol. The fraction of sp³-hybridized carbons (Fsp3) is 0.750. The van der Waals surface area contributed by atoms with Gasteiger partial charge >= 0.3 is 0 Å². The van der Waals surface area contributed by atoms with E-state index in [9.17, 15) is 8.42 Å². The minimum absolute atomic E-state index is 0.0410. The molecule has 20 heavy (non-hydrogen) atoms. The molecule has 2 heterocycles. The number of nitrogens with zero attached hydrogens (tertiary/aromatic N) is 3. The summed E-state index contributed by atoms with van der Waals surface area (Å²) in [5, 5.41) is 4.36. The molecule has 3 N–H and O–H groups in total. The van der Waals surface area contributed by atoms with Crippen molar-refractivity contribution in [2.24, 2.45) is 18.8 Å². The number of piperidine rings is 1. The predicted molar refractivity (Wildman–Crippen MR) is 77.0 cm³/mol. The SMILES string of the molecule is Cn1ccc(C(CC2CCCN(S(C)(=O)=O)C2)NN)n1. The number of aryl methyl sites for hydroxylation is 1. The Balaban J connectivity index is 2.01. The second-order valence-corrected chi connectivity index (χ2v) is 7.48. The molecule has 0 spiro atoms. The first-order valence-electron chi connectivity index (χ1n) is 6.81. The Morgan fingerprint density at radius 1 is 1.60 bits per heavy atom. The maximum Gasteiger partial charge on any atom is 0.211 e. The van der Waals surface area contributed by atoms with E-state index >= 15 is 0 Å². The van der Waals surface area contributed by atoms with Gasteiger partial charge in [-0.05, 0) is 31.2 Å². The Morgan fingerprint density at radius 2 is 2.35 bits per heavy atom. The minimum atomic E-state index is -3.10. The molecule has 0 aliphatic carbocycles. The largest absolute Gasteiger partial charge is 0.275 e. The highest BCUT2D eigenvalue weighted by atomic mass is 32.2. The maximum atomic E-state index is 11.6. The van der Waals surface area contributed by atoms with E-state index in [1.807, 2.05) is 19.3 Å². The number of hydrazine groups is 1. The minimum Gasteiger partial charge on any atom is -0.275 e. The van der Waals surface area contributed by atoms with Crippen LogP contribution in [0.25, 0.3) is 0 Å². The van der Waals surface area contributed by atoms with Gasteiger partial charge in [0.2, 0.25) is 10.0 Å². The highest BCUT2D eigenvalue weighted by Gasteiger charge is 2.28. The van der Waals surface area contributed by atoms with Gasteiger partial charge in [0.05, 0.1) is 18.0 Å². The van der Waals surface area contributed by atoms with Gasteiger partial charge in [0.15, 0.2) is 0 Å². The number of nitrogens with one attached hydrogen (secondary N) is 1. The summed E-state index contributed by atoms with van der Waals surface area (Å²) < 4.78 is 26.6. The lowest BCUT2D eigenvalue weighted by Crippen LogP contribution is -2.41. The monoisotopic (exact) mass is 301 g/mol. The van der Waals surface area contributed by atoms with E-state index in [0.717, 1.165) is 25.0 Å². The van der Waals surface area contributed by atoms with Gasteiger partial charge < -0.3 is 0 Å². The van der Waals surface area contributed by atoms with Crippen molar-refractivity contribution >= 4 is 10.0 Å². The number of nitrogens with two attached hydrogens (primary N) is 1. The number of sulfonamides is 1. The van der Waals surface area contributed by atoms with Crippen LogP contribution in [-0.4, -0.2) is 41.8 Å². The summed E-state index contributed by atoms with van der Waals surface area (Å²) in [6.07, 6.45) is 5.87. The van der Waals surface area contributed by atoms with Gasteiger partial charge in [-0.1, -0.05) is 0 Å². The van der Waals surface area contributed by atoms with E-state index in [1.54, 1.807) is 8.99 Å². The third-order valence-electron chi connectivity index (χ3n) is 3.81.